The van der Waals surface area contributed by atoms with Crippen molar-refractivity contribution < 1.29 is 17.6 Å². The van der Waals surface area contributed by atoms with E-state index in [1.807, 2.05) is 13.8 Å². The largest absolute Gasteiger partial charge is 0.393 e. The molecule has 2 atom stereocenters. The molecule has 0 aliphatic heterocycles. The molecule has 0 aromatic carbocycles. The van der Waals surface area contributed by atoms with Crippen molar-refractivity contribution in [3.05, 3.63) is 0 Å². The van der Waals surface area contributed by atoms with Gasteiger partial charge in [-0.15, -0.1) is 0 Å². The van der Waals surface area contributed by atoms with E-state index in [0.29, 0.717) is 12.8 Å². The van der Waals surface area contributed by atoms with Gasteiger partial charge in [0.15, 0.2) is 0 Å². The summed E-state index contributed by atoms with van der Waals surface area (Å²) in [6, 6.07) is 0. The predicted molar refractivity (Wildman–Crippen MR) is 65.1 cm³/mol. The third-order valence-corrected chi connectivity index (χ3v) is 4.46. The smallest absolute Gasteiger partial charge is 0.244 e. The molecular formula is C14H24F4. The molecule has 0 radical (unpaired) electrons. The first-order valence-corrected chi connectivity index (χ1v) is 6.53. The molecule has 0 N–H and O–H groups in total. The molecule has 0 bridgehead atoms. The Kier molecular flexibility index (Phi) is 3.84. The van der Waals surface area contributed by atoms with E-state index in [1.165, 1.54) is 20.8 Å². The van der Waals surface area contributed by atoms with Crippen LogP contribution in [-0.4, -0.2) is 11.8 Å². The highest BCUT2D eigenvalue weighted by atomic mass is 19.4. The van der Waals surface area contributed by atoms with Crippen LogP contribution in [0.2, 0.25) is 0 Å². The van der Waals surface area contributed by atoms with Gasteiger partial charge in [0.2, 0.25) is 0 Å². The zero-order valence-corrected chi connectivity index (χ0v) is 11.9. The molecule has 0 aromatic rings. The summed E-state index contributed by atoms with van der Waals surface area (Å²) in [7, 11) is 0. The van der Waals surface area contributed by atoms with Crippen molar-refractivity contribution in [1.29, 1.82) is 0 Å². The fraction of sp³-hybridized carbons (Fsp3) is 1.00. The van der Waals surface area contributed by atoms with Crippen molar-refractivity contribution in [2.75, 3.05) is 0 Å². The first-order chi connectivity index (χ1) is 7.77. The number of hydrogen-bond acceptors (Lipinski definition) is 0. The summed E-state index contributed by atoms with van der Waals surface area (Å²) < 4.78 is 53.2. The molecule has 1 fully saturated rings. The van der Waals surface area contributed by atoms with Crippen molar-refractivity contribution in [1.82, 2.24) is 0 Å². The Balaban J connectivity index is 2.87. The summed E-state index contributed by atoms with van der Waals surface area (Å²) in [5, 5.41) is 0. The van der Waals surface area contributed by atoms with Gasteiger partial charge < -0.3 is 0 Å². The van der Waals surface area contributed by atoms with Crippen LogP contribution >= 0.6 is 0 Å². The Hall–Kier alpha value is -0.280. The van der Waals surface area contributed by atoms with Crippen LogP contribution in [0, 0.1) is 16.7 Å². The van der Waals surface area contributed by atoms with Crippen LogP contribution in [-0.2, 0) is 0 Å². The fourth-order valence-corrected chi connectivity index (χ4v) is 2.79. The average Bonchev–Trinajstić information content (AvgIpc) is 2.10. The molecule has 1 saturated carbocycles. The average molecular weight is 268 g/mol. The Morgan fingerprint density at radius 3 is 2.00 bits per heavy atom. The molecule has 1 aliphatic carbocycles. The zero-order valence-electron chi connectivity index (χ0n) is 11.9. The fourth-order valence-electron chi connectivity index (χ4n) is 2.79. The molecule has 108 valence electrons. The Morgan fingerprint density at radius 2 is 1.56 bits per heavy atom. The molecule has 0 spiro atoms. The van der Waals surface area contributed by atoms with Gasteiger partial charge in [0.05, 0.1) is 5.41 Å². The van der Waals surface area contributed by atoms with Gasteiger partial charge in [-0.2, -0.15) is 13.2 Å². The van der Waals surface area contributed by atoms with Gasteiger partial charge in [0.1, 0.15) is 5.67 Å². The van der Waals surface area contributed by atoms with E-state index in [2.05, 4.69) is 0 Å². The maximum atomic E-state index is 14.4. The molecule has 4 heteroatoms. The molecule has 0 aromatic heterocycles. The summed E-state index contributed by atoms with van der Waals surface area (Å²) in [6.45, 7) is 7.82. The van der Waals surface area contributed by atoms with Crippen LogP contribution in [0.4, 0.5) is 17.6 Å². The quantitative estimate of drug-likeness (QED) is 0.578. The highest BCUT2D eigenvalue weighted by Gasteiger charge is 2.52. The number of halogens is 4. The van der Waals surface area contributed by atoms with Gasteiger partial charge in [-0.3, -0.25) is 0 Å². The lowest BCUT2D eigenvalue weighted by molar-refractivity contribution is -0.222. The summed E-state index contributed by atoms with van der Waals surface area (Å²) in [5.74, 6) is -0.516. The van der Waals surface area contributed by atoms with Crippen molar-refractivity contribution in [2.45, 2.75) is 72.1 Å². The Morgan fingerprint density at radius 1 is 1.06 bits per heavy atom. The molecule has 0 saturated heterocycles. The lowest BCUT2D eigenvalue weighted by Gasteiger charge is -2.46. The van der Waals surface area contributed by atoms with E-state index in [9.17, 15) is 17.6 Å². The number of hydrogen-bond donors (Lipinski definition) is 0. The molecule has 0 amide bonds. The molecule has 0 nitrogen and oxygen atoms in total. The van der Waals surface area contributed by atoms with Crippen LogP contribution in [0.1, 0.15) is 60.3 Å². The topological polar surface area (TPSA) is 0 Å². The lowest BCUT2D eigenvalue weighted by Crippen LogP contribution is -2.44. The van der Waals surface area contributed by atoms with Crippen molar-refractivity contribution in [3.63, 3.8) is 0 Å². The normalized spacial score (nSPS) is 33.5. The van der Waals surface area contributed by atoms with Crippen LogP contribution in [0.3, 0.4) is 0 Å². The third kappa shape index (κ3) is 3.39. The summed E-state index contributed by atoms with van der Waals surface area (Å²) in [4.78, 5) is 0. The lowest BCUT2D eigenvalue weighted by atomic mass is 9.62. The minimum absolute atomic E-state index is 0.0576. The minimum atomic E-state index is -4.27. The zero-order chi connectivity index (χ0) is 14.4. The Labute approximate surface area is 107 Å². The van der Waals surface area contributed by atoms with Gasteiger partial charge >= 0.3 is 6.18 Å². The molecule has 1 rings (SSSR count). The van der Waals surface area contributed by atoms with Crippen LogP contribution in [0.15, 0.2) is 0 Å². The van der Waals surface area contributed by atoms with Crippen molar-refractivity contribution in [3.8, 4) is 0 Å². The van der Waals surface area contributed by atoms with Crippen molar-refractivity contribution in [2.24, 2.45) is 16.7 Å². The molecule has 0 heterocycles. The third-order valence-electron chi connectivity index (χ3n) is 4.46. The minimum Gasteiger partial charge on any atom is -0.244 e. The van der Waals surface area contributed by atoms with E-state index in [-0.39, 0.29) is 11.8 Å². The van der Waals surface area contributed by atoms with E-state index >= 15 is 0 Å². The van der Waals surface area contributed by atoms with E-state index < -0.39 is 23.2 Å². The monoisotopic (exact) mass is 268 g/mol. The molecule has 18 heavy (non-hydrogen) atoms. The van der Waals surface area contributed by atoms with Gasteiger partial charge in [-0.25, -0.2) is 4.39 Å². The number of rotatable bonds is 2. The van der Waals surface area contributed by atoms with E-state index in [0.717, 1.165) is 6.42 Å². The first-order valence-electron chi connectivity index (χ1n) is 6.53. The highest BCUT2D eigenvalue weighted by Crippen LogP contribution is 2.52. The predicted octanol–water partition coefficient (Wildman–Crippen LogP) is 5.52. The van der Waals surface area contributed by atoms with Gasteiger partial charge in [-0.1, -0.05) is 27.7 Å². The second-order valence-electron chi connectivity index (χ2n) is 7.43. The van der Waals surface area contributed by atoms with Gasteiger partial charge in [0, 0.05) is 0 Å². The molecule has 1 aliphatic rings. The maximum Gasteiger partial charge on any atom is 0.393 e. The van der Waals surface area contributed by atoms with Crippen molar-refractivity contribution >= 4 is 0 Å². The molecular weight excluding hydrogens is 244 g/mol. The Bertz CT molecular complexity index is 299. The van der Waals surface area contributed by atoms with Gasteiger partial charge in [0.25, 0.3) is 0 Å². The summed E-state index contributed by atoms with van der Waals surface area (Å²) >= 11 is 0. The second kappa shape index (κ2) is 4.38. The first kappa shape index (κ1) is 15.8. The van der Waals surface area contributed by atoms with Crippen LogP contribution in [0.25, 0.3) is 0 Å². The standard InChI is InChI=1S/C14H24F4/c1-11(2)6-7-13(5,15)10(8-11)9-12(3,4)14(16,17)18/h10H,6-9H2,1-5H3/t10?,13-/m0/s1. The van der Waals surface area contributed by atoms with E-state index in [1.54, 1.807) is 0 Å². The van der Waals surface area contributed by atoms with Gasteiger partial charge in [-0.05, 0) is 43.9 Å². The summed E-state index contributed by atoms with van der Waals surface area (Å²) in [5.41, 5.74) is -3.35. The second-order valence-corrected chi connectivity index (χ2v) is 7.43. The maximum absolute atomic E-state index is 14.4. The summed E-state index contributed by atoms with van der Waals surface area (Å²) in [6.07, 6.45) is -2.78. The van der Waals surface area contributed by atoms with E-state index in [4.69, 9.17) is 0 Å². The van der Waals surface area contributed by atoms with Crippen LogP contribution < -0.4 is 0 Å². The SMILES string of the molecule is CC1(C)CC[C@](C)(F)C(CC(C)(C)C(F)(F)F)C1. The molecule has 1 unspecified atom stereocenters. The number of alkyl halides is 4. The van der Waals surface area contributed by atoms with Crippen LogP contribution in [0.5, 0.6) is 0 Å². The highest BCUT2D eigenvalue weighted by molar-refractivity contribution is 4.96.